The highest BCUT2D eigenvalue weighted by Crippen LogP contribution is 2.31. The molecular formula is C14H17F3N2O3. The molecule has 122 valence electrons. The maximum absolute atomic E-state index is 12.6. The number of halogens is 3. The van der Waals surface area contributed by atoms with E-state index in [-0.39, 0.29) is 12.4 Å². The van der Waals surface area contributed by atoms with Gasteiger partial charge in [0.05, 0.1) is 5.56 Å². The van der Waals surface area contributed by atoms with Gasteiger partial charge in [-0.25, -0.2) is 4.79 Å². The highest BCUT2D eigenvalue weighted by atomic mass is 19.4. The summed E-state index contributed by atoms with van der Waals surface area (Å²) in [7, 11) is 0. The minimum Gasteiger partial charge on any atom is -0.492 e. The lowest BCUT2D eigenvalue weighted by Gasteiger charge is -2.32. The Kier molecular flexibility index (Phi) is 5.12. The monoisotopic (exact) mass is 318 g/mol. The quantitative estimate of drug-likeness (QED) is 0.926. The van der Waals surface area contributed by atoms with E-state index in [4.69, 9.17) is 9.84 Å². The maximum atomic E-state index is 12.6. The number of hydrogen-bond acceptors (Lipinski definition) is 3. The number of carboxylic acid groups (broad SMARTS) is 1. The molecule has 5 nitrogen and oxygen atoms in total. The fourth-order valence-corrected chi connectivity index (χ4v) is 2.22. The summed E-state index contributed by atoms with van der Waals surface area (Å²) in [5.41, 5.74) is -0.736. The van der Waals surface area contributed by atoms with E-state index in [1.807, 2.05) is 4.90 Å². The summed E-state index contributed by atoms with van der Waals surface area (Å²) in [4.78, 5) is 14.1. The van der Waals surface area contributed by atoms with E-state index in [9.17, 15) is 18.0 Å². The number of rotatable bonds is 4. The van der Waals surface area contributed by atoms with Gasteiger partial charge in [0.15, 0.2) is 0 Å². The van der Waals surface area contributed by atoms with E-state index in [1.165, 1.54) is 17.0 Å². The first kappa shape index (κ1) is 16.4. The number of alkyl halides is 3. The molecule has 0 atom stereocenters. The Morgan fingerprint density at radius 1 is 1.23 bits per heavy atom. The third-order valence-corrected chi connectivity index (χ3v) is 3.48. The average molecular weight is 318 g/mol. The Morgan fingerprint density at radius 3 is 2.50 bits per heavy atom. The van der Waals surface area contributed by atoms with Crippen molar-refractivity contribution < 1.29 is 27.8 Å². The molecule has 1 aromatic rings. The molecule has 0 unspecified atom stereocenters. The summed E-state index contributed by atoms with van der Waals surface area (Å²) in [5, 5.41) is 8.83. The van der Waals surface area contributed by atoms with Gasteiger partial charge in [0.1, 0.15) is 12.4 Å². The van der Waals surface area contributed by atoms with Crippen LogP contribution in [0.15, 0.2) is 24.3 Å². The molecule has 1 fully saturated rings. The number of amides is 1. The maximum Gasteiger partial charge on any atom is 0.416 e. The standard InChI is InChI=1S/C14H17F3N2O3/c15-14(16,17)11-2-1-3-12(10-11)22-9-8-18-4-6-19(7-5-18)13(20)21/h1-3,10H,4-9H2,(H,20,21). The van der Waals surface area contributed by atoms with E-state index in [0.29, 0.717) is 32.7 Å². The van der Waals surface area contributed by atoms with Gasteiger partial charge >= 0.3 is 12.3 Å². The van der Waals surface area contributed by atoms with Crippen LogP contribution in [-0.2, 0) is 6.18 Å². The highest BCUT2D eigenvalue weighted by Gasteiger charge is 2.30. The molecule has 1 amide bonds. The van der Waals surface area contributed by atoms with E-state index >= 15 is 0 Å². The van der Waals surface area contributed by atoms with Gasteiger partial charge in [-0.15, -0.1) is 0 Å². The Hall–Kier alpha value is -1.96. The number of nitrogens with zero attached hydrogens (tertiary/aromatic N) is 2. The molecule has 0 aliphatic carbocycles. The molecule has 1 heterocycles. The molecule has 0 aromatic heterocycles. The Bertz CT molecular complexity index is 514. The molecular weight excluding hydrogens is 301 g/mol. The first-order valence-electron chi connectivity index (χ1n) is 6.86. The zero-order valence-corrected chi connectivity index (χ0v) is 11.8. The Balaban J connectivity index is 1.77. The first-order chi connectivity index (χ1) is 10.4. The Morgan fingerprint density at radius 2 is 1.91 bits per heavy atom. The van der Waals surface area contributed by atoms with Crippen LogP contribution in [0, 0.1) is 0 Å². The van der Waals surface area contributed by atoms with Gasteiger partial charge in [0.2, 0.25) is 0 Å². The van der Waals surface area contributed by atoms with Crippen LogP contribution in [0.5, 0.6) is 5.75 Å². The molecule has 0 saturated carbocycles. The largest absolute Gasteiger partial charge is 0.492 e. The van der Waals surface area contributed by atoms with Gasteiger partial charge in [0.25, 0.3) is 0 Å². The van der Waals surface area contributed by atoms with Gasteiger partial charge in [-0.05, 0) is 18.2 Å². The summed E-state index contributed by atoms with van der Waals surface area (Å²) in [6.45, 7) is 2.85. The zero-order chi connectivity index (χ0) is 16.2. The predicted octanol–water partition coefficient (Wildman–Crippen LogP) is 2.38. The van der Waals surface area contributed by atoms with Gasteiger partial charge in [-0.1, -0.05) is 6.07 Å². The summed E-state index contributed by atoms with van der Waals surface area (Å²) < 4.78 is 43.0. The third-order valence-electron chi connectivity index (χ3n) is 3.48. The van der Waals surface area contributed by atoms with Crippen molar-refractivity contribution >= 4 is 6.09 Å². The molecule has 1 aromatic carbocycles. The van der Waals surface area contributed by atoms with Crippen molar-refractivity contribution in [3.05, 3.63) is 29.8 Å². The molecule has 1 N–H and O–H groups in total. The van der Waals surface area contributed by atoms with Crippen LogP contribution in [0.3, 0.4) is 0 Å². The van der Waals surface area contributed by atoms with Gasteiger partial charge in [-0.2, -0.15) is 13.2 Å². The van der Waals surface area contributed by atoms with Crippen LogP contribution in [0.25, 0.3) is 0 Å². The second kappa shape index (κ2) is 6.87. The van der Waals surface area contributed by atoms with Crippen LogP contribution in [0.1, 0.15) is 5.56 Å². The van der Waals surface area contributed by atoms with Crippen molar-refractivity contribution in [2.24, 2.45) is 0 Å². The van der Waals surface area contributed by atoms with Crippen LogP contribution < -0.4 is 4.74 Å². The van der Waals surface area contributed by atoms with Crippen molar-refractivity contribution in [3.8, 4) is 5.75 Å². The van der Waals surface area contributed by atoms with E-state index in [0.717, 1.165) is 12.1 Å². The number of benzene rings is 1. The van der Waals surface area contributed by atoms with Crippen LogP contribution in [-0.4, -0.2) is 60.3 Å². The summed E-state index contributed by atoms with van der Waals surface area (Å²) in [5.74, 6) is 0.180. The number of carbonyl (C=O) groups is 1. The average Bonchev–Trinajstić information content (AvgIpc) is 2.47. The number of piperazine rings is 1. The molecule has 0 spiro atoms. The van der Waals surface area contributed by atoms with Gasteiger partial charge < -0.3 is 14.7 Å². The topological polar surface area (TPSA) is 53.0 Å². The van der Waals surface area contributed by atoms with Gasteiger partial charge in [0, 0.05) is 32.7 Å². The lowest BCUT2D eigenvalue weighted by atomic mass is 10.2. The molecule has 22 heavy (non-hydrogen) atoms. The lowest BCUT2D eigenvalue weighted by Crippen LogP contribution is -2.49. The molecule has 1 aliphatic heterocycles. The molecule has 1 saturated heterocycles. The summed E-state index contributed by atoms with van der Waals surface area (Å²) in [6.07, 6.45) is -5.31. The van der Waals surface area contributed by atoms with Gasteiger partial charge in [-0.3, -0.25) is 4.90 Å². The van der Waals surface area contributed by atoms with Crippen LogP contribution >= 0.6 is 0 Å². The minimum atomic E-state index is -4.38. The van der Waals surface area contributed by atoms with E-state index < -0.39 is 17.8 Å². The van der Waals surface area contributed by atoms with Crippen molar-refractivity contribution in [2.75, 3.05) is 39.3 Å². The lowest BCUT2D eigenvalue weighted by molar-refractivity contribution is -0.137. The smallest absolute Gasteiger partial charge is 0.416 e. The van der Waals surface area contributed by atoms with Crippen molar-refractivity contribution in [1.29, 1.82) is 0 Å². The predicted molar refractivity (Wildman–Crippen MR) is 73.0 cm³/mol. The molecule has 0 bridgehead atoms. The zero-order valence-electron chi connectivity index (χ0n) is 11.8. The van der Waals surface area contributed by atoms with Crippen LogP contribution in [0.4, 0.5) is 18.0 Å². The molecule has 0 radical (unpaired) electrons. The van der Waals surface area contributed by atoms with E-state index in [2.05, 4.69) is 0 Å². The second-order valence-electron chi connectivity index (χ2n) is 4.99. The molecule has 1 aliphatic rings. The molecule has 8 heteroatoms. The Labute approximate surface area is 125 Å². The van der Waals surface area contributed by atoms with Crippen molar-refractivity contribution in [1.82, 2.24) is 9.80 Å². The normalized spacial score (nSPS) is 16.6. The first-order valence-corrected chi connectivity index (χ1v) is 6.86. The van der Waals surface area contributed by atoms with Crippen LogP contribution in [0.2, 0.25) is 0 Å². The number of ether oxygens (including phenoxy) is 1. The number of hydrogen-bond donors (Lipinski definition) is 1. The van der Waals surface area contributed by atoms with Crippen molar-refractivity contribution in [3.63, 3.8) is 0 Å². The van der Waals surface area contributed by atoms with E-state index in [1.54, 1.807) is 0 Å². The van der Waals surface area contributed by atoms with Crippen molar-refractivity contribution in [2.45, 2.75) is 6.18 Å². The summed E-state index contributed by atoms with van der Waals surface area (Å²) >= 11 is 0. The molecule has 2 rings (SSSR count). The fourth-order valence-electron chi connectivity index (χ4n) is 2.22. The third kappa shape index (κ3) is 4.52. The highest BCUT2D eigenvalue weighted by molar-refractivity contribution is 5.65. The summed E-state index contributed by atoms with van der Waals surface area (Å²) in [6, 6.07) is 4.77. The fraction of sp³-hybridized carbons (Fsp3) is 0.500. The SMILES string of the molecule is O=C(O)N1CCN(CCOc2cccc(C(F)(F)F)c2)CC1. The second-order valence-corrected chi connectivity index (χ2v) is 4.99. The minimum absolute atomic E-state index is 0.180.